The molecule has 2 nitrogen and oxygen atoms in total. The summed E-state index contributed by atoms with van der Waals surface area (Å²) < 4.78 is 2.53. The molecule has 4 rings (SSSR count). The molecular weight excluding hydrogens is 220 g/mol. The highest BCUT2D eigenvalue weighted by atomic mass is 15.0. The van der Waals surface area contributed by atoms with Crippen LogP contribution in [0.15, 0.2) is 12.1 Å². The minimum absolute atomic E-state index is 0.746. The summed E-state index contributed by atoms with van der Waals surface area (Å²) in [4.78, 5) is 0. The van der Waals surface area contributed by atoms with E-state index in [2.05, 4.69) is 35.9 Å². The van der Waals surface area contributed by atoms with Crippen molar-refractivity contribution in [3.05, 3.63) is 34.5 Å². The lowest BCUT2D eigenvalue weighted by Crippen LogP contribution is -2.39. The van der Waals surface area contributed by atoms with Crippen molar-refractivity contribution in [3.63, 3.8) is 0 Å². The molecule has 94 valence electrons. The van der Waals surface area contributed by atoms with Crippen LogP contribution in [0.25, 0.3) is 10.9 Å². The Morgan fingerprint density at radius 1 is 1.22 bits per heavy atom. The van der Waals surface area contributed by atoms with Gasteiger partial charge >= 0.3 is 0 Å². The largest absolute Gasteiger partial charge is 0.344 e. The Balaban J connectivity index is 2.02. The van der Waals surface area contributed by atoms with Gasteiger partial charge in [0.2, 0.25) is 0 Å². The van der Waals surface area contributed by atoms with E-state index in [0.717, 1.165) is 19.0 Å². The summed E-state index contributed by atoms with van der Waals surface area (Å²) in [5.41, 5.74) is 7.61. The Morgan fingerprint density at radius 3 is 2.78 bits per heavy atom. The molecule has 0 bridgehead atoms. The quantitative estimate of drug-likeness (QED) is 0.811. The Labute approximate surface area is 108 Å². The van der Waals surface area contributed by atoms with Crippen LogP contribution in [0.1, 0.15) is 34.7 Å². The second kappa shape index (κ2) is 3.61. The van der Waals surface area contributed by atoms with Crippen molar-refractivity contribution in [1.29, 1.82) is 0 Å². The van der Waals surface area contributed by atoms with Crippen LogP contribution < -0.4 is 5.32 Å². The van der Waals surface area contributed by atoms with E-state index in [9.17, 15) is 0 Å². The van der Waals surface area contributed by atoms with Crippen LogP contribution in [-0.4, -0.2) is 17.7 Å². The number of hydrogen-bond donors (Lipinski definition) is 1. The minimum Gasteiger partial charge on any atom is -0.344 e. The van der Waals surface area contributed by atoms with Gasteiger partial charge < -0.3 is 9.88 Å². The number of aromatic nitrogens is 1. The third-order valence-electron chi connectivity index (χ3n) is 4.91. The van der Waals surface area contributed by atoms with Crippen LogP contribution in [0.5, 0.6) is 0 Å². The first-order chi connectivity index (χ1) is 8.75. The van der Waals surface area contributed by atoms with Crippen LogP contribution in [0.4, 0.5) is 0 Å². The summed E-state index contributed by atoms with van der Waals surface area (Å²) in [6, 6.07) is 4.93. The van der Waals surface area contributed by atoms with Gasteiger partial charge in [-0.15, -0.1) is 0 Å². The highest BCUT2D eigenvalue weighted by Gasteiger charge is 2.23. The molecule has 0 amide bonds. The zero-order valence-electron chi connectivity index (χ0n) is 11.2. The molecule has 2 aromatic rings. The topological polar surface area (TPSA) is 17.0 Å². The number of hydrogen-bond acceptors (Lipinski definition) is 1. The highest BCUT2D eigenvalue weighted by Crippen LogP contribution is 2.35. The second-order valence-corrected chi connectivity index (χ2v) is 5.90. The molecule has 1 aromatic heterocycles. The summed E-state index contributed by atoms with van der Waals surface area (Å²) in [5, 5.41) is 4.89. The van der Waals surface area contributed by atoms with Crippen molar-refractivity contribution in [2.45, 2.75) is 39.2 Å². The zero-order valence-corrected chi connectivity index (χ0v) is 11.2. The Kier molecular flexibility index (Phi) is 2.13. The first-order valence-corrected chi connectivity index (χ1v) is 7.08. The maximum absolute atomic E-state index is 3.39. The Bertz CT molecular complexity index is 632. The fraction of sp³-hybridized carbons (Fsp3) is 0.500. The minimum atomic E-state index is 0.746. The molecule has 0 radical (unpaired) electrons. The highest BCUT2D eigenvalue weighted by molar-refractivity contribution is 5.89. The molecule has 0 saturated carbocycles. The van der Waals surface area contributed by atoms with Gasteiger partial charge in [0, 0.05) is 36.6 Å². The van der Waals surface area contributed by atoms with Crippen LogP contribution in [0.2, 0.25) is 0 Å². The van der Waals surface area contributed by atoms with Gasteiger partial charge in [-0.05, 0) is 49.4 Å². The SMILES string of the molecule is Cc1c(C)n2c3c(cc(C4CNC4)cc13)CCC2. The molecule has 2 aliphatic heterocycles. The third kappa shape index (κ3) is 1.27. The average molecular weight is 240 g/mol. The van der Waals surface area contributed by atoms with E-state index in [1.807, 2.05) is 0 Å². The van der Waals surface area contributed by atoms with Crippen LogP contribution >= 0.6 is 0 Å². The van der Waals surface area contributed by atoms with Crippen molar-refractivity contribution in [1.82, 2.24) is 9.88 Å². The smallest absolute Gasteiger partial charge is 0.0517 e. The number of rotatable bonds is 1. The number of nitrogens with one attached hydrogen (secondary N) is 1. The van der Waals surface area contributed by atoms with Crippen molar-refractivity contribution in [3.8, 4) is 0 Å². The Morgan fingerprint density at radius 2 is 2.06 bits per heavy atom. The number of nitrogens with zero attached hydrogens (tertiary/aromatic N) is 1. The van der Waals surface area contributed by atoms with Crippen LogP contribution in [0.3, 0.4) is 0 Å². The molecular formula is C16H20N2. The molecule has 3 heterocycles. The Hall–Kier alpha value is -1.28. The third-order valence-corrected chi connectivity index (χ3v) is 4.91. The fourth-order valence-corrected chi connectivity index (χ4v) is 3.55. The van der Waals surface area contributed by atoms with Crippen molar-refractivity contribution in [2.75, 3.05) is 13.1 Å². The maximum atomic E-state index is 3.39. The van der Waals surface area contributed by atoms with E-state index >= 15 is 0 Å². The second-order valence-electron chi connectivity index (χ2n) is 5.90. The predicted octanol–water partition coefficient (Wildman–Crippen LogP) is 2.89. The normalized spacial score (nSPS) is 19.2. The van der Waals surface area contributed by atoms with E-state index in [1.165, 1.54) is 41.5 Å². The molecule has 1 N–H and O–H groups in total. The summed E-state index contributed by atoms with van der Waals surface area (Å²) in [6.07, 6.45) is 2.55. The molecule has 0 spiro atoms. The predicted molar refractivity (Wildman–Crippen MR) is 75.3 cm³/mol. The molecule has 2 heteroatoms. The lowest BCUT2D eigenvalue weighted by Gasteiger charge is -2.29. The molecule has 1 aromatic carbocycles. The summed E-state index contributed by atoms with van der Waals surface area (Å²) in [7, 11) is 0. The molecule has 1 saturated heterocycles. The van der Waals surface area contributed by atoms with E-state index in [4.69, 9.17) is 0 Å². The van der Waals surface area contributed by atoms with E-state index in [0.29, 0.717) is 0 Å². The molecule has 2 aliphatic rings. The molecule has 1 fully saturated rings. The standard InChI is InChI=1S/C16H20N2/c1-10-11(2)18-5-3-4-12-6-13(14-8-17-9-14)7-15(10)16(12)18/h6-7,14,17H,3-5,8-9H2,1-2H3. The molecule has 0 unspecified atom stereocenters. The van der Waals surface area contributed by atoms with Gasteiger partial charge in [0.1, 0.15) is 0 Å². The van der Waals surface area contributed by atoms with E-state index < -0.39 is 0 Å². The van der Waals surface area contributed by atoms with Gasteiger partial charge in [0.15, 0.2) is 0 Å². The number of benzene rings is 1. The van der Waals surface area contributed by atoms with Crippen LogP contribution in [0, 0.1) is 13.8 Å². The molecule has 18 heavy (non-hydrogen) atoms. The maximum Gasteiger partial charge on any atom is 0.0517 e. The van der Waals surface area contributed by atoms with Crippen molar-refractivity contribution < 1.29 is 0 Å². The monoisotopic (exact) mass is 240 g/mol. The van der Waals surface area contributed by atoms with Crippen molar-refractivity contribution in [2.24, 2.45) is 0 Å². The lowest BCUT2D eigenvalue weighted by molar-refractivity contribution is 0.448. The average Bonchev–Trinajstić information content (AvgIpc) is 2.55. The summed E-state index contributed by atoms with van der Waals surface area (Å²) >= 11 is 0. The first kappa shape index (κ1) is 10.6. The lowest BCUT2D eigenvalue weighted by atomic mass is 9.89. The summed E-state index contributed by atoms with van der Waals surface area (Å²) in [5.74, 6) is 0.746. The van der Waals surface area contributed by atoms with Gasteiger partial charge in [-0.25, -0.2) is 0 Å². The molecule has 0 atom stereocenters. The van der Waals surface area contributed by atoms with E-state index in [1.54, 1.807) is 11.1 Å². The van der Waals surface area contributed by atoms with Gasteiger partial charge in [-0.2, -0.15) is 0 Å². The molecule has 0 aliphatic carbocycles. The van der Waals surface area contributed by atoms with Crippen molar-refractivity contribution >= 4 is 10.9 Å². The van der Waals surface area contributed by atoms with Gasteiger partial charge in [0.05, 0.1) is 5.52 Å². The van der Waals surface area contributed by atoms with Gasteiger partial charge in [-0.1, -0.05) is 6.07 Å². The van der Waals surface area contributed by atoms with Gasteiger partial charge in [-0.3, -0.25) is 0 Å². The first-order valence-electron chi connectivity index (χ1n) is 7.08. The summed E-state index contributed by atoms with van der Waals surface area (Å²) in [6.45, 7) is 8.07. The van der Waals surface area contributed by atoms with E-state index in [-0.39, 0.29) is 0 Å². The van der Waals surface area contributed by atoms with Crippen LogP contribution in [-0.2, 0) is 13.0 Å². The van der Waals surface area contributed by atoms with Gasteiger partial charge in [0.25, 0.3) is 0 Å². The zero-order chi connectivity index (χ0) is 12.3. The fourth-order valence-electron chi connectivity index (χ4n) is 3.55. The number of aryl methyl sites for hydroxylation is 3.